The van der Waals surface area contributed by atoms with Crippen LogP contribution in [0.4, 0.5) is 17.1 Å². The second kappa shape index (κ2) is 9.16. The molecule has 0 radical (unpaired) electrons. The maximum Gasteiger partial charge on any atom is 0.0618 e. The van der Waals surface area contributed by atoms with Gasteiger partial charge in [0.05, 0.1) is 10.2 Å². The molecule has 3 rings (SSSR count). The summed E-state index contributed by atoms with van der Waals surface area (Å²) in [6.45, 7) is 17.6. The molecule has 3 aromatic rings. The molecule has 0 unspecified atom stereocenters. The highest BCUT2D eigenvalue weighted by Gasteiger charge is 2.24. The Morgan fingerprint density at radius 1 is 0.719 bits per heavy atom. The number of nitrogens with zero attached hydrogens (tertiary/aromatic N) is 1. The molecule has 0 amide bonds. The molecule has 0 heterocycles. The minimum atomic E-state index is 0.0166. The van der Waals surface area contributed by atoms with E-state index in [1.54, 1.807) is 0 Å². The lowest BCUT2D eigenvalue weighted by molar-refractivity contribution is 0.589. The van der Waals surface area contributed by atoms with Gasteiger partial charge in [-0.05, 0) is 115 Å². The fourth-order valence-electron chi connectivity index (χ4n) is 3.76. The van der Waals surface area contributed by atoms with Gasteiger partial charge in [-0.25, -0.2) is 0 Å². The lowest BCUT2D eigenvalue weighted by Crippen LogP contribution is -2.17. The first-order chi connectivity index (χ1) is 14.7. The molecule has 170 valence electrons. The minimum absolute atomic E-state index is 0.0166. The number of rotatable bonds is 3. The molecule has 0 fully saturated rings. The molecular formula is C28H32Br2ClN. The summed E-state index contributed by atoms with van der Waals surface area (Å²) in [4.78, 5) is 2.33. The minimum Gasteiger partial charge on any atom is -0.309 e. The van der Waals surface area contributed by atoms with E-state index in [4.69, 9.17) is 11.6 Å². The van der Waals surface area contributed by atoms with Crippen LogP contribution in [0.5, 0.6) is 0 Å². The van der Waals surface area contributed by atoms with Crippen LogP contribution in [0.3, 0.4) is 0 Å². The number of benzene rings is 3. The molecule has 32 heavy (non-hydrogen) atoms. The van der Waals surface area contributed by atoms with Crippen molar-refractivity contribution in [2.75, 3.05) is 4.90 Å². The summed E-state index contributed by atoms with van der Waals surface area (Å²) in [6.07, 6.45) is 0. The molecule has 0 N–H and O–H groups in total. The van der Waals surface area contributed by atoms with Crippen LogP contribution in [0.2, 0.25) is 5.02 Å². The van der Waals surface area contributed by atoms with Gasteiger partial charge in [0.2, 0.25) is 0 Å². The van der Waals surface area contributed by atoms with Crippen LogP contribution in [-0.4, -0.2) is 0 Å². The average molecular weight is 578 g/mol. The fourth-order valence-corrected chi connectivity index (χ4v) is 4.73. The van der Waals surface area contributed by atoms with E-state index in [0.29, 0.717) is 0 Å². The average Bonchev–Trinajstić information content (AvgIpc) is 2.68. The monoisotopic (exact) mass is 575 g/mol. The molecule has 0 aliphatic rings. The third-order valence-electron chi connectivity index (χ3n) is 5.77. The number of hydrogen-bond donors (Lipinski definition) is 0. The summed E-state index contributed by atoms with van der Waals surface area (Å²) in [5, 5.41) is 0.820. The van der Waals surface area contributed by atoms with Crippen molar-refractivity contribution in [3.63, 3.8) is 0 Å². The van der Waals surface area contributed by atoms with Crippen LogP contribution in [-0.2, 0) is 10.8 Å². The summed E-state index contributed by atoms with van der Waals surface area (Å²) in [5.41, 5.74) is 8.08. The first kappa shape index (κ1) is 25.3. The molecule has 0 aromatic heterocycles. The SMILES string of the molecule is Cc1cc(N(c2cccc(C(C)(C)C)c2)c2cc(C(C)(C)C)cc(Br)c2Br)cc(C)c1Cl. The van der Waals surface area contributed by atoms with Crippen LogP contribution in [0.15, 0.2) is 57.5 Å². The van der Waals surface area contributed by atoms with Gasteiger partial charge >= 0.3 is 0 Å². The summed E-state index contributed by atoms with van der Waals surface area (Å²) in [5.74, 6) is 0. The second-order valence-electron chi connectivity index (χ2n) is 10.6. The van der Waals surface area contributed by atoms with E-state index in [-0.39, 0.29) is 10.8 Å². The Balaban J connectivity index is 2.37. The lowest BCUT2D eigenvalue weighted by atomic mass is 9.86. The van der Waals surface area contributed by atoms with Crippen LogP contribution in [0, 0.1) is 13.8 Å². The van der Waals surface area contributed by atoms with Crippen molar-refractivity contribution in [3.8, 4) is 0 Å². The molecular weight excluding hydrogens is 546 g/mol. The quantitative estimate of drug-likeness (QED) is 0.299. The van der Waals surface area contributed by atoms with E-state index in [1.165, 1.54) is 11.1 Å². The number of anilines is 3. The Labute approximate surface area is 215 Å². The normalized spacial score (nSPS) is 12.2. The van der Waals surface area contributed by atoms with Gasteiger partial charge in [-0.3, -0.25) is 0 Å². The molecule has 0 aliphatic heterocycles. The van der Waals surface area contributed by atoms with E-state index in [1.807, 2.05) is 0 Å². The zero-order valence-electron chi connectivity index (χ0n) is 20.2. The first-order valence-corrected chi connectivity index (χ1v) is 12.8. The van der Waals surface area contributed by atoms with Gasteiger partial charge in [0.25, 0.3) is 0 Å². The van der Waals surface area contributed by atoms with Gasteiger partial charge < -0.3 is 4.90 Å². The van der Waals surface area contributed by atoms with Crippen molar-refractivity contribution in [1.29, 1.82) is 0 Å². The molecule has 0 aliphatic carbocycles. The molecule has 4 heteroatoms. The maximum absolute atomic E-state index is 6.54. The van der Waals surface area contributed by atoms with E-state index in [0.717, 1.165) is 42.2 Å². The van der Waals surface area contributed by atoms with Gasteiger partial charge in [0.15, 0.2) is 0 Å². The maximum atomic E-state index is 6.54. The molecule has 0 saturated carbocycles. The Bertz CT molecular complexity index is 1130. The third kappa shape index (κ3) is 5.26. The summed E-state index contributed by atoms with van der Waals surface area (Å²) < 4.78 is 2.07. The third-order valence-corrected chi connectivity index (χ3v) is 8.35. The van der Waals surface area contributed by atoms with Gasteiger partial charge in [-0.1, -0.05) is 65.3 Å². The van der Waals surface area contributed by atoms with Crippen LogP contribution in [0.1, 0.15) is 63.8 Å². The molecule has 0 spiro atoms. The van der Waals surface area contributed by atoms with E-state index >= 15 is 0 Å². The van der Waals surface area contributed by atoms with Crippen molar-refractivity contribution in [1.82, 2.24) is 0 Å². The second-order valence-corrected chi connectivity index (χ2v) is 12.6. The van der Waals surface area contributed by atoms with Crippen LogP contribution in [0.25, 0.3) is 0 Å². The van der Waals surface area contributed by atoms with E-state index < -0.39 is 0 Å². The molecule has 3 aromatic carbocycles. The van der Waals surface area contributed by atoms with Crippen molar-refractivity contribution in [2.45, 2.75) is 66.2 Å². The van der Waals surface area contributed by atoms with Crippen molar-refractivity contribution < 1.29 is 0 Å². The van der Waals surface area contributed by atoms with Crippen molar-refractivity contribution in [3.05, 3.63) is 84.8 Å². The Morgan fingerprint density at radius 2 is 1.28 bits per heavy atom. The van der Waals surface area contributed by atoms with Crippen LogP contribution >= 0.6 is 43.5 Å². The van der Waals surface area contributed by atoms with Crippen molar-refractivity contribution in [2.24, 2.45) is 0 Å². The first-order valence-electron chi connectivity index (χ1n) is 10.9. The molecule has 0 bridgehead atoms. The fraction of sp³-hybridized carbons (Fsp3) is 0.357. The van der Waals surface area contributed by atoms with Gasteiger partial charge in [0, 0.05) is 20.9 Å². The summed E-state index contributed by atoms with van der Waals surface area (Å²) >= 11 is 14.2. The number of hydrogen-bond acceptors (Lipinski definition) is 1. The highest BCUT2D eigenvalue weighted by atomic mass is 79.9. The Kier molecular flexibility index (Phi) is 7.25. The number of halogens is 3. The zero-order valence-corrected chi connectivity index (χ0v) is 24.1. The topological polar surface area (TPSA) is 3.24 Å². The zero-order chi connectivity index (χ0) is 24.0. The summed E-state index contributed by atoms with van der Waals surface area (Å²) in [6, 6.07) is 17.7. The summed E-state index contributed by atoms with van der Waals surface area (Å²) in [7, 11) is 0. The van der Waals surface area contributed by atoms with E-state index in [2.05, 4.69) is 141 Å². The largest absolute Gasteiger partial charge is 0.309 e. The standard InChI is InChI=1S/C28H32Br2ClN/c1-17-12-22(13-18(2)26(17)31)32(21-11-9-10-19(14-21)27(3,4)5)24-16-20(28(6,7)8)15-23(29)25(24)30/h9-16H,1-8H3. The Hall–Kier alpha value is -1.29. The predicted molar refractivity (Wildman–Crippen MR) is 148 cm³/mol. The smallest absolute Gasteiger partial charge is 0.0618 e. The molecule has 0 saturated heterocycles. The van der Waals surface area contributed by atoms with Gasteiger partial charge in [0.1, 0.15) is 0 Å². The highest BCUT2D eigenvalue weighted by molar-refractivity contribution is 9.13. The van der Waals surface area contributed by atoms with E-state index in [9.17, 15) is 0 Å². The number of aryl methyl sites for hydroxylation is 2. The van der Waals surface area contributed by atoms with Gasteiger partial charge in [-0.15, -0.1) is 0 Å². The molecule has 1 nitrogen and oxygen atoms in total. The Morgan fingerprint density at radius 3 is 1.81 bits per heavy atom. The highest BCUT2D eigenvalue weighted by Crippen LogP contribution is 2.45. The van der Waals surface area contributed by atoms with Crippen molar-refractivity contribution >= 4 is 60.5 Å². The van der Waals surface area contributed by atoms with Crippen LogP contribution < -0.4 is 4.90 Å². The lowest BCUT2D eigenvalue weighted by Gasteiger charge is -2.31. The molecule has 0 atom stereocenters. The predicted octanol–water partition coefficient (Wildman–Crippen LogP) is 10.5. The van der Waals surface area contributed by atoms with Gasteiger partial charge in [-0.2, -0.15) is 0 Å².